The Hall–Kier alpha value is -1.75. The number of halogens is 3. The highest BCUT2D eigenvalue weighted by Gasteiger charge is 2.08. The molecule has 0 saturated carbocycles. The quantitative estimate of drug-likeness (QED) is 0.794. The van der Waals surface area contributed by atoms with Gasteiger partial charge in [0.05, 0.1) is 4.47 Å². The molecule has 0 aliphatic rings. The van der Waals surface area contributed by atoms with E-state index in [1.807, 2.05) is 0 Å². The van der Waals surface area contributed by atoms with Gasteiger partial charge in [0.15, 0.2) is 12.4 Å². The normalized spacial score (nSPS) is 10.3. The number of hydrogen-bond donors (Lipinski definition) is 0. The minimum absolute atomic E-state index is 0.191. The summed E-state index contributed by atoms with van der Waals surface area (Å²) in [6.07, 6.45) is 0. The van der Waals surface area contributed by atoms with Crippen molar-refractivity contribution in [2.45, 2.75) is 0 Å². The zero-order chi connectivity index (χ0) is 13.8. The van der Waals surface area contributed by atoms with Crippen molar-refractivity contribution in [3.8, 4) is 5.75 Å². The SMILES string of the molecule is O=C(COc1ccc(F)c(Br)c1)c1ccc(F)cc1. The first-order valence-corrected chi connectivity index (χ1v) is 6.22. The fourth-order valence-corrected chi connectivity index (χ4v) is 1.79. The Kier molecular flexibility index (Phi) is 4.27. The number of rotatable bonds is 4. The summed E-state index contributed by atoms with van der Waals surface area (Å²) in [7, 11) is 0. The zero-order valence-corrected chi connectivity index (χ0v) is 11.3. The number of carbonyl (C=O) groups is 1. The van der Waals surface area contributed by atoms with E-state index in [1.165, 1.54) is 42.5 Å². The number of ketones is 1. The molecule has 2 aromatic rings. The molecule has 0 aliphatic carbocycles. The Balaban J connectivity index is 2.00. The average Bonchev–Trinajstić information content (AvgIpc) is 2.40. The summed E-state index contributed by atoms with van der Waals surface area (Å²) in [5.74, 6) is -0.707. The summed E-state index contributed by atoms with van der Waals surface area (Å²) in [5, 5.41) is 0. The second kappa shape index (κ2) is 5.93. The molecule has 0 aromatic heterocycles. The highest BCUT2D eigenvalue weighted by molar-refractivity contribution is 9.10. The van der Waals surface area contributed by atoms with Gasteiger partial charge in [-0.3, -0.25) is 4.79 Å². The average molecular weight is 327 g/mol. The topological polar surface area (TPSA) is 26.3 Å². The number of Topliss-reactive ketones (excluding diaryl/α,β-unsaturated/α-hetero) is 1. The standard InChI is InChI=1S/C14H9BrF2O2/c15-12-7-11(5-6-13(12)17)19-8-14(18)9-1-3-10(16)4-2-9/h1-7H,8H2. The van der Waals surface area contributed by atoms with E-state index in [-0.39, 0.29) is 16.9 Å². The van der Waals surface area contributed by atoms with E-state index in [0.29, 0.717) is 11.3 Å². The van der Waals surface area contributed by atoms with Crippen molar-refractivity contribution in [2.24, 2.45) is 0 Å². The van der Waals surface area contributed by atoms with Crippen molar-refractivity contribution in [3.63, 3.8) is 0 Å². The summed E-state index contributed by atoms with van der Waals surface area (Å²) in [4.78, 5) is 11.7. The predicted octanol–water partition coefficient (Wildman–Crippen LogP) is 3.99. The lowest BCUT2D eigenvalue weighted by atomic mass is 10.1. The van der Waals surface area contributed by atoms with Crippen molar-refractivity contribution >= 4 is 21.7 Å². The van der Waals surface area contributed by atoms with E-state index >= 15 is 0 Å². The van der Waals surface area contributed by atoms with Crippen LogP contribution in [0.5, 0.6) is 5.75 Å². The number of hydrogen-bond acceptors (Lipinski definition) is 2. The maximum Gasteiger partial charge on any atom is 0.200 e. The lowest BCUT2D eigenvalue weighted by molar-refractivity contribution is 0.0921. The van der Waals surface area contributed by atoms with Gasteiger partial charge in [-0.1, -0.05) is 0 Å². The van der Waals surface area contributed by atoms with Crippen LogP contribution < -0.4 is 4.74 Å². The molecule has 98 valence electrons. The Labute approximate surface area is 117 Å². The van der Waals surface area contributed by atoms with Crippen LogP contribution in [0, 0.1) is 11.6 Å². The van der Waals surface area contributed by atoms with E-state index in [1.54, 1.807) is 0 Å². The van der Waals surface area contributed by atoms with Crippen LogP contribution in [-0.4, -0.2) is 12.4 Å². The van der Waals surface area contributed by atoms with Gasteiger partial charge in [-0.15, -0.1) is 0 Å². The van der Waals surface area contributed by atoms with Crippen LogP contribution in [-0.2, 0) is 0 Å². The van der Waals surface area contributed by atoms with Crippen molar-refractivity contribution < 1.29 is 18.3 Å². The third-order valence-corrected chi connectivity index (χ3v) is 3.03. The number of ether oxygens (including phenoxy) is 1. The zero-order valence-electron chi connectivity index (χ0n) is 9.70. The highest BCUT2D eigenvalue weighted by Crippen LogP contribution is 2.21. The molecule has 0 amide bonds. The molecule has 0 unspecified atom stereocenters. The second-order valence-electron chi connectivity index (χ2n) is 3.79. The molecule has 19 heavy (non-hydrogen) atoms. The Morgan fingerprint density at radius 1 is 1.11 bits per heavy atom. The van der Waals surface area contributed by atoms with Crippen LogP contribution >= 0.6 is 15.9 Å². The fourth-order valence-electron chi connectivity index (χ4n) is 1.43. The van der Waals surface area contributed by atoms with Crippen molar-refractivity contribution in [2.75, 3.05) is 6.61 Å². The smallest absolute Gasteiger partial charge is 0.200 e. The minimum atomic E-state index is -0.405. The lowest BCUT2D eigenvalue weighted by Gasteiger charge is -2.06. The van der Waals surface area contributed by atoms with E-state index in [9.17, 15) is 13.6 Å². The van der Waals surface area contributed by atoms with Crippen LogP contribution in [0.3, 0.4) is 0 Å². The molecule has 0 saturated heterocycles. The molecule has 0 N–H and O–H groups in total. The molecule has 2 rings (SSSR count). The Morgan fingerprint density at radius 3 is 2.42 bits per heavy atom. The summed E-state index contributed by atoms with van der Waals surface area (Å²) in [5.41, 5.74) is 0.363. The van der Waals surface area contributed by atoms with E-state index in [2.05, 4.69) is 15.9 Å². The Bertz CT molecular complexity index is 597. The van der Waals surface area contributed by atoms with Crippen LogP contribution in [0.25, 0.3) is 0 Å². The molecule has 0 fully saturated rings. The van der Waals surface area contributed by atoms with Gasteiger partial charge in [0.1, 0.15) is 17.4 Å². The first kappa shape index (κ1) is 13.7. The molecule has 2 nitrogen and oxygen atoms in total. The van der Waals surface area contributed by atoms with Crippen molar-refractivity contribution in [1.29, 1.82) is 0 Å². The maximum absolute atomic E-state index is 13.0. The van der Waals surface area contributed by atoms with Crippen LogP contribution in [0.2, 0.25) is 0 Å². The van der Waals surface area contributed by atoms with E-state index in [0.717, 1.165) is 0 Å². The maximum atomic E-state index is 13.0. The molecule has 0 radical (unpaired) electrons. The molecule has 5 heteroatoms. The van der Waals surface area contributed by atoms with Crippen LogP contribution in [0.4, 0.5) is 8.78 Å². The molecule has 0 bridgehead atoms. The predicted molar refractivity (Wildman–Crippen MR) is 70.3 cm³/mol. The largest absolute Gasteiger partial charge is 0.485 e. The third kappa shape index (κ3) is 3.61. The van der Waals surface area contributed by atoms with Gasteiger partial charge in [0.25, 0.3) is 0 Å². The first-order chi connectivity index (χ1) is 9.06. The van der Waals surface area contributed by atoms with Crippen LogP contribution in [0.1, 0.15) is 10.4 Å². The van der Waals surface area contributed by atoms with E-state index in [4.69, 9.17) is 4.74 Å². The molecule has 0 spiro atoms. The summed E-state index contributed by atoms with van der Waals surface area (Å²) in [6, 6.07) is 9.31. The number of carbonyl (C=O) groups excluding carboxylic acids is 1. The second-order valence-corrected chi connectivity index (χ2v) is 4.65. The van der Waals surface area contributed by atoms with Gasteiger partial charge in [-0.05, 0) is 58.4 Å². The fraction of sp³-hybridized carbons (Fsp3) is 0.0714. The lowest BCUT2D eigenvalue weighted by Crippen LogP contribution is -2.11. The van der Waals surface area contributed by atoms with Gasteiger partial charge in [-0.25, -0.2) is 8.78 Å². The molecule has 2 aromatic carbocycles. The van der Waals surface area contributed by atoms with E-state index < -0.39 is 11.6 Å². The van der Waals surface area contributed by atoms with Crippen LogP contribution in [0.15, 0.2) is 46.9 Å². The van der Waals surface area contributed by atoms with Gasteiger partial charge in [-0.2, -0.15) is 0 Å². The third-order valence-electron chi connectivity index (χ3n) is 2.43. The van der Waals surface area contributed by atoms with Crippen molar-refractivity contribution in [3.05, 3.63) is 64.1 Å². The molecule has 0 aliphatic heterocycles. The summed E-state index contributed by atoms with van der Waals surface area (Å²) >= 11 is 3.02. The molecule has 0 atom stereocenters. The van der Waals surface area contributed by atoms with Crippen molar-refractivity contribution in [1.82, 2.24) is 0 Å². The number of benzene rings is 2. The van der Waals surface area contributed by atoms with Gasteiger partial charge >= 0.3 is 0 Å². The van der Waals surface area contributed by atoms with Gasteiger partial charge in [0, 0.05) is 5.56 Å². The first-order valence-electron chi connectivity index (χ1n) is 5.43. The molecular formula is C14H9BrF2O2. The monoisotopic (exact) mass is 326 g/mol. The summed E-state index contributed by atoms with van der Waals surface area (Å²) in [6.45, 7) is -0.191. The van der Waals surface area contributed by atoms with Gasteiger partial charge in [0.2, 0.25) is 0 Å². The molecule has 0 heterocycles. The highest BCUT2D eigenvalue weighted by atomic mass is 79.9. The van der Waals surface area contributed by atoms with Gasteiger partial charge < -0.3 is 4.74 Å². The molecular weight excluding hydrogens is 318 g/mol. The Morgan fingerprint density at radius 2 is 1.79 bits per heavy atom. The minimum Gasteiger partial charge on any atom is -0.485 e. The summed E-state index contributed by atoms with van der Waals surface area (Å²) < 4.78 is 31.2.